The molecule has 0 unspecified atom stereocenters. The molecule has 2 N–H and O–H groups in total. The van der Waals surface area contributed by atoms with Gasteiger partial charge in [-0.05, 0) is 24.1 Å². The molecular weight excluding hydrogens is 374 g/mol. The third-order valence-corrected chi connectivity index (χ3v) is 4.06. The summed E-state index contributed by atoms with van der Waals surface area (Å²) < 4.78 is 26.6. The maximum atomic E-state index is 13.6. The predicted octanol–water partition coefficient (Wildman–Crippen LogP) is 3.38. The molecule has 0 aliphatic rings. The number of benzene rings is 2. The number of rotatable bonds is 9. The van der Waals surface area contributed by atoms with Gasteiger partial charge < -0.3 is 10.6 Å². The van der Waals surface area contributed by atoms with Crippen molar-refractivity contribution in [3.05, 3.63) is 71.3 Å². The van der Waals surface area contributed by atoms with Crippen molar-refractivity contribution in [2.45, 2.75) is 19.3 Å². The van der Waals surface area contributed by atoms with Crippen molar-refractivity contribution in [3.63, 3.8) is 0 Å². The van der Waals surface area contributed by atoms with Crippen LogP contribution in [-0.4, -0.2) is 36.2 Å². The number of nitrogens with two attached hydrogens (primary N) is 1. The molecule has 0 aliphatic heterocycles. The molecule has 0 spiro atoms. The van der Waals surface area contributed by atoms with Crippen LogP contribution in [0.15, 0.2) is 48.5 Å². The summed E-state index contributed by atoms with van der Waals surface area (Å²) in [6, 6.07) is 12.5. The molecule has 0 aliphatic carbocycles. The summed E-state index contributed by atoms with van der Waals surface area (Å²) in [4.78, 5) is 26.1. The van der Waals surface area contributed by atoms with E-state index in [1.807, 2.05) is 30.3 Å². The zero-order valence-corrected chi connectivity index (χ0v) is 15.7. The van der Waals surface area contributed by atoms with Crippen molar-refractivity contribution in [2.75, 3.05) is 19.6 Å². The number of amides is 1. The molecule has 27 heavy (non-hydrogen) atoms. The van der Waals surface area contributed by atoms with E-state index in [9.17, 15) is 18.4 Å². The minimum atomic E-state index is -0.912. The van der Waals surface area contributed by atoms with E-state index in [-0.39, 0.29) is 36.7 Å². The van der Waals surface area contributed by atoms with Gasteiger partial charge in [0.05, 0.1) is 5.56 Å². The Morgan fingerprint density at radius 1 is 0.963 bits per heavy atom. The Hall–Kier alpha value is -2.31. The number of Topliss-reactive ketones (excluding diaryl/α,β-unsaturated/α-hetero) is 1. The molecule has 0 heterocycles. The second-order valence-electron chi connectivity index (χ2n) is 5.95. The summed E-state index contributed by atoms with van der Waals surface area (Å²) >= 11 is 0. The molecule has 4 nitrogen and oxygen atoms in total. The Labute approximate surface area is 163 Å². The summed E-state index contributed by atoms with van der Waals surface area (Å²) in [5.74, 6) is -2.38. The lowest BCUT2D eigenvalue weighted by molar-refractivity contribution is -0.131. The number of ketones is 1. The van der Waals surface area contributed by atoms with Crippen LogP contribution < -0.4 is 5.73 Å². The minimum absolute atomic E-state index is 0. The van der Waals surface area contributed by atoms with E-state index in [2.05, 4.69) is 0 Å². The van der Waals surface area contributed by atoms with Gasteiger partial charge in [0, 0.05) is 38.5 Å². The van der Waals surface area contributed by atoms with Crippen LogP contribution in [0.3, 0.4) is 0 Å². The van der Waals surface area contributed by atoms with E-state index in [0.29, 0.717) is 32.1 Å². The molecule has 2 aromatic rings. The Morgan fingerprint density at radius 3 is 2.30 bits per heavy atom. The zero-order chi connectivity index (χ0) is 18.9. The van der Waals surface area contributed by atoms with Gasteiger partial charge in [-0.25, -0.2) is 8.78 Å². The highest BCUT2D eigenvalue weighted by Gasteiger charge is 2.17. The summed E-state index contributed by atoms with van der Waals surface area (Å²) in [6.07, 6.45) is 0.519. The molecule has 0 aromatic heterocycles. The number of carbonyl (C=O) groups excluding carboxylic acids is 2. The van der Waals surface area contributed by atoms with E-state index in [1.54, 1.807) is 4.90 Å². The third-order valence-electron chi connectivity index (χ3n) is 4.06. The van der Waals surface area contributed by atoms with Crippen LogP contribution in [-0.2, 0) is 11.2 Å². The standard InChI is InChI=1S/C20H22F2N2O2.ClH/c21-16-6-7-17(18(22)14-16)19(25)8-9-20(26)24(13-11-23)12-10-15-4-2-1-3-5-15;/h1-7,14H,8-13,23H2;1H. The zero-order valence-electron chi connectivity index (χ0n) is 14.9. The smallest absolute Gasteiger partial charge is 0.223 e. The first-order valence-corrected chi connectivity index (χ1v) is 8.51. The van der Waals surface area contributed by atoms with Crippen molar-refractivity contribution < 1.29 is 18.4 Å². The highest BCUT2D eigenvalue weighted by atomic mass is 35.5. The normalized spacial score (nSPS) is 10.2. The average Bonchev–Trinajstić information content (AvgIpc) is 2.63. The predicted molar refractivity (Wildman–Crippen MR) is 103 cm³/mol. The lowest BCUT2D eigenvalue weighted by Gasteiger charge is -2.22. The lowest BCUT2D eigenvalue weighted by Crippen LogP contribution is -2.37. The number of nitrogens with zero attached hydrogens (tertiary/aromatic N) is 1. The van der Waals surface area contributed by atoms with Crippen LogP contribution in [0, 0.1) is 11.6 Å². The molecule has 146 valence electrons. The van der Waals surface area contributed by atoms with Gasteiger partial charge in [-0.2, -0.15) is 0 Å². The van der Waals surface area contributed by atoms with Crippen molar-refractivity contribution in [1.29, 1.82) is 0 Å². The van der Waals surface area contributed by atoms with Crippen LogP contribution in [0.5, 0.6) is 0 Å². The van der Waals surface area contributed by atoms with Crippen molar-refractivity contribution >= 4 is 24.1 Å². The molecule has 0 saturated heterocycles. The molecule has 1 amide bonds. The second-order valence-corrected chi connectivity index (χ2v) is 5.95. The quantitative estimate of drug-likeness (QED) is 0.661. The van der Waals surface area contributed by atoms with Gasteiger partial charge in [-0.15, -0.1) is 12.4 Å². The first-order chi connectivity index (χ1) is 12.5. The van der Waals surface area contributed by atoms with Gasteiger partial charge in [-0.3, -0.25) is 9.59 Å². The van der Waals surface area contributed by atoms with Crippen molar-refractivity contribution in [1.82, 2.24) is 4.90 Å². The maximum Gasteiger partial charge on any atom is 0.223 e. The summed E-state index contributed by atoms with van der Waals surface area (Å²) in [7, 11) is 0. The monoisotopic (exact) mass is 396 g/mol. The fraction of sp³-hybridized carbons (Fsp3) is 0.300. The van der Waals surface area contributed by atoms with Gasteiger partial charge in [0.1, 0.15) is 11.6 Å². The molecule has 0 fully saturated rings. The minimum Gasteiger partial charge on any atom is -0.341 e. The van der Waals surface area contributed by atoms with E-state index in [4.69, 9.17) is 5.73 Å². The largest absolute Gasteiger partial charge is 0.341 e. The van der Waals surface area contributed by atoms with Crippen molar-refractivity contribution in [3.8, 4) is 0 Å². The maximum absolute atomic E-state index is 13.6. The van der Waals surface area contributed by atoms with Crippen LogP contribution in [0.4, 0.5) is 8.78 Å². The molecular formula is C20H23ClF2N2O2. The van der Waals surface area contributed by atoms with E-state index in [1.165, 1.54) is 0 Å². The number of halogens is 3. The van der Waals surface area contributed by atoms with Crippen LogP contribution in [0.2, 0.25) is 0 Å². The molecule has 2 aromatic carbocycles. The fourth-order valence-electron chi connectivity index (χ4n) is 2.65. The highest BCUT2D eigenvalue weighted by Crippen LogP contribution is 2.13. The summed E-state index contributed by atoms with van der Waals surface area (Å²) in [5, 5.41) is 0. The average molecular weight is 397 g/mol. The Balaban J connectivity index is 0.00000364. The Morgan fingerprint density at radius 2 is 1.67 bits per heavy atom. The van der Waals surface area contributed by atoms with Gasteiger partial charge in [0.15, 0.2) is 5.78 Å². The lowest BCUT2D eigenvalue weighted by atomic mass is 10.1. The Bertz CT molecular complexity index is 757. The summed E-state index contributed by atoms with van der Waals surface area (Å²) in [5.41, 5.74) is 6.47. The highest BCUT2D eigenvalue weighted by molar-refractivity contribution is 5.98. The first kappa shape index (κ1) is 22.7. The topological polar surface area (TPSA) is 63.4 Å². The number of hydrogen-bond donors (Lipinski definition) is 1. The van der Waals surface area contributed by atoms with E-state index in [0.717, 1.165) is 17.7 Å². The molecule has 0 bridgehead atoms. The SMILES string of the molecule is Cl.NCCN(CCc1ccccc1)C(=O)CCC(=O)c1ccc(F)cc1F. The van der Waals surface area contributed by atoms with Crippen molar-refractivity contribution in [2.24, 2.45) is 5.73 Å². The third kappa shape index (κ3) is 7.07. The first-order valence-electron chi connectivity index (χ1n) is 8.51. The molecule has 0 saturated carbocycles. The Kier molecular flexibility index (Phi) is 9.61. The molecule has 0 atom stereocenters. The number of hydrogen-bond acceptors (Lipinski definition) is 3. The second kappa shape index (κ2) is 11.4. The van der Waals surface area contributed by atoms with Crippen LogP contribution in [0.25, 0.3) is 0 Å². The van der Waals surface area contributed by atoms with Gasteiger partial charge in [0.25, 0.3) is 0 Å². The summed E-state index contributed by atoms with van der Waals surface area (Å²) in [6.45, 7) is 1.21. The van der Waals surface area contributed by atoms with Crippen LogP contribution in [0.1, 0.15) is 28.8 Å². The van der Waals surface area contributed by atoms with Gasteiger partial charge in [0.2, 0.25) is 5.91 Å². The number of carbonyl (C=O) groups is 2. The van der Waals surface area contributed by atoms with E-state index >= 15 is 0 Å². The molecule has 7 heteroatoms. The molecule has 0 radical (unpaired) electrons. The van der Waals surface area contributed by atoms with E-state index < -0.39 is 17.4 Å². The fourth-order valence-corrected chi connectivity index (χ4v) is 2.65. The molecule has 2 rings (SSSR count). The van der Waals surface area contributed by atoms with Gasteiger partial charge >= 0.3 is 0 Å². The van der Waals surface area contributed by atoms with Gasteiger partial charge in [-0.1, -0.05) is 30.3 Å². The van der Waals surface area contributed by atoms with Crippen LogP contribution >= 0.6 is 12.4 Å².